The molecule has 1 saturated carbocycles. The quantitative estimate of drug-likeness (QED) is 0.741. The zero-order chi connectivity index (χ0) is 13.5. The van der Waals surface area contributed by atoms with Gasteiger partial charge in [-0.1, -0.05) is 25.7 Å². The molecule has 1 unspecified atom stereocenters. The lowest BCUT2D eigenvalue weighted by Gasteiger charge is -2.34. The number of rotatable bonds is 6. The topological polar surface area (TPSA) is 57.6 Å². The molecule has 0 amide bonds. The molecule has 18 heavy (non-hydrogen) atoms. The van der Waals surface area contributed by atoms with Crippen LogP contribution in [-0.2, 0) is 9.59 Å². The maximum Gasteiger partial charge on any atom is 0.304 e. The molecule has 1 atom stereocenters. The molecule has 0 heterocycles. The van der Waals surface area contributed by atoms with Crippen molar-refractivity contribution in [1.29, 1.82) is 0 Å². The van der Waals surface area contributed by atoms with Gasteiger partial charge in [-0.15, -0.1) is 0 Å². The van der Waals surface area contributed by atoms with Gasteiger partial charge in [0.1, 0.15) is 5.78 Å². The molecule has 104 valence electrons. The van der Waals surface area contributed by atoms with E-state index >= 15 is 0 Å². The predicted octanol–water partition coefficient (Wildman–Crippen LogP) is 2.46. The predicted molar refractivity (Wildman–Crippen MR) is 70.6 cm³/mol. The van der Waals surface area contributed by atoms with E-state index in [1.165, 1.54) is 25.7 Å². The van der Waals surface area contributed by atoms with Gasteiger partial charge in [0.05, 0.1) is 12.5 Å². The van der Waals surface area contributed by atoms with Gasteiger partial charge in [0.2, 0.25) is 0 Å². The average molecular weight is 255 g/mol. The third-order valence-corrected chi connectivity index (χ3v) is 3.96. The minimum atomic E-state index is -0.788. The van der Waals surface area contributed by atoms with Gasteiger partial charge in [0.25, 0.3) is 0 Å². The van der Waals surface area contributed by atoms with Crippen LogP contribution >= 0.6 is 0 Å². The number of hydrogen-bond donors (Lipinski definition) is 1. The maximum absolute atomic E-state index is 11.6. The van der Waals surface area contributed by atoms with Gasteiger partial charge in [-0.2, -0.15) is 0 Å². The Morgan fingerprint density at radius 1 is 1.22 bits per heavy atom. The molecule has 0 spiro atoms. The molecule has 1 N–H and O–H groups in total. The van der Waals surface area contributed by atoms with Crippen molar-refractivity contribution >= 4 is 11.8 Å². The number of hydrogen-bond acceptors (Lipinski definition) is 3. The minimum absolute atomic E-state index is 0.119. The number of Topliss-reactive ketones (excluding diaryl/α,β-unsaturated/α-hetero) is 1. The summed E-state index contributed by atoms with van der Waals surface area (Å²) in [5, 5.41) is 8.83. The number of carbonyl (C=O) groups excluding carboxylic acids is 1. The standard InChI is InChI=1S/C14H25NO3/c1-11(12(2)16)15(10-9-14(17)18)13-7-5-3-4-6-8-13/h11,13H,3-10H2,1-2H3,(H,17,18). The Bertz CT molecular complexity index is 283. The van der Waals surface area contributed by atoms with Gasteiger partial charge in [0.15, 0.2) is 0 Å². The first kappa shape index (κ1) is 15.2. The van der Waals surface area contributed by atoms with Crippen LogP contribution in [0, 0.1) is 0 Å². The number of nitrogens with zero attached hydrogens (tertiary/aromatic N) is 1. The Labute approximate surface area is 109 Å². The lowest BCUT2D eigenvalue weighted by Crippen LogP contribution is -2.46. The molecule has 0 aromatic heterocycles. The molecule has 4 nitrogen and oxygen atoms in total. The molecule has 1 aliphatic rings. The van der Waals surface area contributed by atoms with Crippen LogP contribution in [0.25, 0.3) is 0 Å². The molecular weight excluding hydrogens is 230 g/mol. The third kappa shape index (κ3) is 4.77. The molecule has 0 aliphatic heterocycles. The molecule has 0 radical (unpaired) electrons. The molecule has 0 saturated heterocycles. The highest BCUT2D eigenvalue weighted by molar-refractivity contribution is 5.81. The number of aliphatic carboxylic acids is 1. The summed E-state index contributed by atoms with van der Waals surface area (Å²) < 4.78 is 0. The number of carboxylic acid groups (broad SMARTS) is 1. The molecule has 0 aromatic rings. The second-order valence-electron chi connectivity index (χ2n) is 5.31. The van der Waals surface area contributed by atoms with Gasteiger partial charge < -0.3 is 5.11 Å². The third-order valence-electron chi connectivity index (χ3n) is 3.96. The van der Waals surface area contributed by atoms with E-state index in [1.807, 2.05) is 6.92 Å². The van der Waals surface area contributed by atoms with Crippen molar-refractivity contribution in [3.63, 3.8) is 0 Å². The van der Waals surface area contributed by atoms with Crippen molar-refractivity contribution in [2.24, 2.45) is 0 Å². The molecule has 0 aromatic carbocycles. The molecule has 1 aliphatic carbocycles. The summed E-state index contributed by atoms with van der Waals surface area (Å²) in [6, 6.07) is 0.221. The highest BCUT2D eigenvalue weighted by Gasteiger charge is 2.26. The van der Waals surface area contributed by atoms with Crippen molar-refractivity contribution in [1.82, 2.24) is 4.90 Å². The van der Waals surface area contributed by atoms with Gasteiger partial charge in [-0.25, -0.2) is 0 Å². The molecular formula is C14H25NO3. The lowest BCUT2D eigenvalue weighted by molar-refractivity contribution is -0.138. The second-order valence-corrected chi connectivity index (χ2v) is 5.31. The molecule has 4 heteroatoms. The van der Waals surface area contributed by atoms with Crippen molar-refractivity contribution < 1.29 is 14.7 Å². The Balaban J connectivity index is 2.67. The average Bonchev–Trinajstić information content (AvgIpc) is 2.57. The largest absolute Gasteiger partial charge is 0.481 e. The van der Waals surface area contributed by atoms with E-state index in [4.69, 9.17) is 5.11 Å². The Morgan fingerprint density at radius 3 is 2.22 bits per heavy atom. The summed E-state index contributed by atoms with van der Waals surface area (Å²) in [5.74, 6) is -0.658. The lowest BCUT2D eigenvalue weighted by atomic mass is 10.0. The van der Waals surface area contributed by atoms with Crippen LogP contribution in [0.3, 0.4) is 0 Å². The van der Waals surface area contributed by atoms with Crippen LogP contribution in [0.5, 0.6) is 0 Å². The first-order chi connectivity index (χ1) is 8.52. The molecule has 1 rings (SSSR count). The maximum atomic E-state index is 11.6. The van der Waals surface area contributed by atoms with E-state index in [-0.39, 0.29) is 18.2 Å². The van der Waals surface area contributed by atoms with Crippen molar-refractivity contribution in [2.45, 2.75) is 70.9 Å². The normalized spacial score (nSPS) is 19.5. The zero-order valence-corrected chi connectivity index (χ0v) is 11.5. The Kier molecular flexibility index (Phi) is 6.33. The van der Waals surface area contributed by atoms with E-state index in [0.29, 0.717) is 12.6 Å². The second kappa shape index (κ2) is 7.52. The zero-order valence-electron chi connectivity index (χ0n) is 11.5. The van der Waals surface area contributed by atoms with E-state index in [2.05, 4.69) is 4.90 Å². The van der Waals surface area contributed by atoms with Crippen LogP contribution < -0.4 is 0 Å². The minimum Gasteiger partial charge on any atom is -0.481 e. The smallest absolute Gasteiger partial charge is 0.304 e. The fraction of sp³-hybridized carbons (Fsp3) is 0.857. The van der Waals surface area contributed by atoms with E-state index in [1.54, 1.807) is 6.92 Å². The van der Waals surface area contributed by atoms with Crippen molar-refractivity contribution in [2.75, 3.05) is 6.54 Å². The van der Waals surface area contributed by atoms with Crippen molar-refractivity contribution in [3.8, 4) is 0 Å². The van der Waals surface area contributed by atoms with E-state index < -0.39 is 5.97 Å². The fourth-order valence-corrected chi connectivity index (χ4v) is 2.74. The number of carbonyl (C=O) groups is 2. The summed E-state index contributed by atoms with van der Waals surface area (Å²) in [6.45, 7) is 3.98. The van der Waals surface area contributed by atoms with E-state index in [0.717, 1.165) is 12.8 Å². The van der Waals surface area contributed by atoms with Crippen LogP contribution in [-0.4, -0.2) is 40.4 Å². The van der Waals surface area contributed by atoms with Crippen LogP contribution in [0.15, 0.2) is 0 Å². The van der Waals surface area contributed by atoms with E-state index in [9.17, 15) is 9.59 Å². The van der Waals surface area contributed by atoms with Crippen molar-refractivity contribution in [3.05, 3.63) is 0 Å². The SMILES string of the molecule is CC(=O)C(C)N(CCC(=O)O)C1CCCCCC1. The fourth-order valence-electron chi connectivity index (χ4n) is 2.74. The highest BCUT2D eigenvalue weighted by Crippen LogP contribution is 2.24. The summed E-state index contributed by atoms with van der Waals surface area (Å²) in [6.07, 6.45) is 7.22. The van der Waals surface area contributed by atoms with Crippen LogP contribution in [0.2, 0.25) is 0 Å². The Morgan fingerprint density at radius 2 is 1.78 bits per heavy atom. The first-order valence-corrected chi connectivity index (χ1v) is 7.00. The van der Waals surface area contributed by atoms with Gasteiger partial charge >= 0.3 is 5.97 Å². The highest BCUT2D eigenvalue weighted by atomic mass is 16.4. The number of ketones is 1. The molecule has 1 fully saturated rings. The molecule has 0 bridgehead atoms. The van der Waals surface area contributed by atoms with Crippen LogP contribution in [0.1, 0.15) is 58.8 Å². The monoisotopic (exact) mass is 255 g/mol. The van der Waals surface area contributed by atoms with Gasteiger partial charge in [-0.3, -0.25) is 14.5 Å². The Hall–Kier alpha value is -0.900. The van der Waals surface area contributed by atoms with Crippen LogP contribution in [0.4, 0.5) is 0 Å². The van der Waals surface area contributed by atoms with Gasteiger partial charge in [0, 0.05) is 12.6 Å². The summed E-state index contributed by atoms with van der Waals surface area (Å²) in [5.41, 5.74) is 0. The first-order valence-electron chi connectivity index (χ1n) is 7.00. The number of carboxylic acids is 1. The summed E-state index contributed by atoms with van der Waals surface area (Å²) in [4.78, 5) is 24.4. The summed E-state index contributed by atoms with van der Waals surface area (Å²) in [7, 11) is 0. The summed E-state index contributed by atoms with van der Waals surface area (Å²) >= 11 is 0. The van der Waals surface area contributed by atoms with Gasteiger partial charge in [-0.05, 0) is 26.7 Å².